The number of carbonyl (C=O) groups is 2. The first kappa shape index (κ1) is 19.3. The van der Waals surface area contributed by atoms with Crippen molar-refractivity contribution in [1.82, 2.24) is 14.9 Å². The van der Waals surface area contributed by atoms with Gasteiger partial charge in [-0.2, -0.15) is 0 Å². The number of fused-ring (bicyclic) bond motifs is 3. The van der Waals surface area contributed by atoms with Gasteiger partial charge < -0.3 is 14.5 Å². The summed E-state index contributed by atoms with van der Waals surface area (Å²) in [6.07, 6.45) is 1.23. The number of amides is 1. The van der Waals surface area contributed by atoms with E-state index in [0.717, 1.165) is 4.57 Å². The first-order valence-electron chi connectivity index (χ1n) is 9.05. The van der Waals surface area contributed by atoms with Crippen LogP contribution in [0.3, 0.4) is 0 Å². The van der Waals surface area contributed by atoms with Crippen molar-refractivity contribution >= 4 is 33.9 Å². The van der Waals surface area contributed by atoms with Crippen LogP contribution in [-0.4, -0.2) is 28.0 Å². The summed E-state index contributed by atoms with van der Waals surface area (Å²) in [5, 5.41) is 3.16. The van der Waals surface area contributed by atoms with Crippen molar-refractivity contribution in [2.24, 2.45) is 0 Å². The maximum Gasteiger partial charge on any atom is 0.326 e. The molecule has 1 N–H and O–H groups in total. The van der Waals surface area contributed by atoms with Crippen LogP contribution in [0.1, 0.15) is 5.56 Å². The number of carbonyl (C=O) groups excluding carboxylic acids is 2. The number of nitrogens with zero attached hydrogens (tertiary/aromatic N) is 2. The van der Waals surface area contributed by atoms with Crippen molar-refractivity contribution in [2.75, 3.05) is 6.61 Å². The van der Waals surface area contributed by atoms with Gasteiger partial charge in [0, 0.05) is 17.5 Å². The van der Waals surface area contributed by atoms with E-state index in [2.05, 4.69) is 10.3 Å². The van der Waals surface area contributed by atoms with E-state index in [1.54, 1.807) is 36.4 Å². The zero-order valence-electron chi connectivity index (χ0n) is 15.6. The lowest BCUT2D eigenvalue weighted by molar-refractivity contribution is -0.149. The van der Waals surface area contributed by atoms with E-state index < -0.39 is 36.4 Å². The molecule has 0 atom stereocenters. The fourth-order valence-corrected chi connectivity index (χ4v) is 2.95. The van der Waals surface area contributed by atoms with E-state index in [0.29, 0.717) is 22.0 Å². The highest BCUT2D eigenvalue weighted by atomic mass is 19.1. The Kier molecular flexibility index (Phi) is 5.25. The zero-order chi connectivity index (χ0) is 21.1. The monoisotopic (exact) mass is 409 g/mol. The number of hydrogen-bond donors (Lipinski definition) is 1. The first-order chi connectivity index (χ1) is 14.5. The summed E-state index contributed by atoms with van der Waals surface area (Å²) in [7, 11) is 0. The van der Waals surface area contributed by atoms with Crippen LogP contribution < -0.4 is 10.9 Å². The van der Waals surface area contributed by atoms with E-state index in [9.17, 15) is 18.8 Å². The van der Waals surface area contributed by atoms with Crippen LogP contribution in [-0.2, 0) is 27.4 Å². The molecule has 0 bridgehead atoms. The molecular formula is C21H16FN3O5. The van der Waals surface area contributed by atoms with Crippen molar-refractivity contribution < 1.29 is 23.1 Å². The molecule has 0 aliphatic carbocycles. The molecule has 0 spiro atoms. The normalized spacial score (nSPS) is 11.0. The molecule has 0 aliphatic rings. The summed E-state index contributed by atoms with van der Waals surface area (Å²) in [6, 6.07) is 13.1. The lowest BCUT2D eigenvalue weighted by atomic mass is 10.2. The minimum absolute atomic E-state index is 0.0326. The Hall–Kier alpha value is -4.01. The number of benzene rings is 2. The summed E-state index contributed by atoms with van der Waals surface area (Å²) < 4.78 is 25.0. The summed E-state index contributed by atoms with van der Waals surface area (Å²) >= 11 is 0. The van der Waals surface area contributed by atoms with E-state index in [4.69, 9.17) is 9.15 Å². The number of nitrogens with one attached hydrogen (secondary N) is 1. The highest BCUT2D eigenvalue weighted by Gasteiger charge is 2.15. The standard InChI is InChI=1S/C21H16FN3O5/c22-15-7-3-1-5-13(15)9-23-17(26)11-29-18(27)10-25-12-24-19-14-6-2-4-8-16(14)30-20(19)21(25)28/h1-8,12H,9-11H2,(H,23,26). The fourth-order valence-electron chi connectivity index (χ4n) is 2.95. The van der Waals surface area contributed by atoms with Gasteiger partial charge in [-0.1, -0.05) is 30.3 Å². The van der Waals surface area contributed by atoms with Crippen LogP contribution in [0.25, 0.3) is 22.1 Å². The molecule has 9 heteroatoms. The highest BCUT2D eigenvalue weighted by molar-refractivity contribution is 6.01. The molecule has 0 saturated heterocycles. The van der Waals surface area contributed by atoms with Gasteiger partial charge in [0.25, 0.3) is 11.5 Å². The summed E-state index contributed by atoms with van der Waals surface area (Å²) in [6.45, 7) is -1.02. The number of ether oxygens (including phenoxy) is 1. The average molecular weight is 409 g/mol. The minimum Gasteiger partial charge on any atom is -0.454 e. The third kappa shape index (κ3) is 3.90. The molecular weight excluding hydrogens is 393 g/mol. The van der Waals surface area contributed by atoms with E-state index in [1.165, 1.54) is 18.5 Å². The number of aromatic nitrogens is 2. The van der Waals surface area contributed by atoms with Crippen LogP contribution in [0.2, 0.25) is 0 Å². The zero-order valence-corrected chi connectivity index (χ0v) is 15.6. The molecule has 30 heavy (non-hydrogen) atoms. The van der Waals surface area contributed by atoms with Gasteiger partial charge >= 0.3 is 5.97 Å². The van der Waals surface area contributed by atoms with Gasteiger partial charge in [-0.3, -0.25) is 19.0 Å². The average Bonchev–Trinajstić information content (AvgIpc) is 3.13. The fraction of sp³-hybridized carbons (Fsp3) is 0.143. The van der Waals surface area contributed by atoms with Crippen LogP contribution in [0.5, 0.6) is 0 Å². The van der Waals surface area contributed by atoms with Gasteiger partial charge in [0.1, 0.15) is 23.5 Å². The number of furan rings is 1. The molecule has 2 aromatic heterocycles. The first-order valence-corrected chi connectivity index (χ1v) is 9.05. The predicted octanol–water partition coefficient (Wildman–Crippen LogP) is 2.14. The molecule has 0 unspecified atom stereocenters. The number of rotatable bonds is 6. The SMILES string of the molecule is O=C(COC(=O)Cn1cnc2c(oc3ccccc32)c1=O)NCc1ccccc1F. The van der Waals surface area contributed by atoms with Crippen LogP contribution in [0.15, 0.2) is 64.1 Å². The summed E-state index contributed by atoms with van der Waals surface area (Å²) in [5.74, 6) is -1.83. The van der Waals surface area contributed by atoms with Crippen LogP contribution in [0.4, 0.5) is 4.39 Å². The summed E-state index contributed by atoms with van der Waals surface area (Å²) in [5.41, 5.74) is 0.747. The number of para-hydroxylation sites is 1. The molecule has 4 rings (SSSR count). The van der Waals surface area contributed by atoms with Gasteiger partial charge in [-0.05, 0) is 18.2 Å². The molecule has 152 valence electrons. The van der Waals surface area contributed by atoms with Gasteiger partial charge in [0.15, 0.2) is 6.61 Å². The molecule has 2 heterocycles. The Bertz CT molecular complexity index is 1310. The Balaban J connectivity index is 1.37. The van der Waals surface area contributed by atoms with Crippen molar-refractivity contribution in [3.63, 3.8) is 0 Å². The lowest BCUT2D eigenvalue weighted by Crippen LogP contribution is -2.31. The second-order valence-corrected chi connectivity index (χ2v) is 6.48. The molecule has 0 saturated carbocycles. The third-order valence-electron chi connectivity index (χ3n) is 4.45. The van der Waals surface area contributed by atoms with E-state index >= 15 is 0 Å². The quantitative estimate of drug-likeness (QED) is 0.490. The molecule has 4 aromatic rings. The lowest BCUT2D eigenvalue weighted by Gasteiger charge is -2.08. The number of hydrogen-bond acceptors (Lipinski definition) is 6. The molecule has 2 aromatic carbocycles. The molecule has 0 radical (unpaired) electrons. The Morgan fingerprint density at radius 2 is 1.90 bits per heavy atom. The summed E-state index contributed by atoms with van der Waals surface area (Å²) in [4.78, 5) is 40.6. The van der Waals surface area contributed by atoms with Crippen LogP contribution >= 0.6 is 0 Å². The largest absolute Gasteiger partial charge is 0.454 e. The molecule has 0 aliphatic heterocycles. The van der Waals surface area contributed by atoms with Crippen molar-refractivity contribution in [3.05, 3.63) is 76.6 Å². The van der Waals surface area contributed by atoms with Gasteiger partial charge in [-0.25, -0.2) is 9.37 Å². The number of halogens is 1. The minimum atomic E-state index is -0.796. The Morgan fingerprint density at radius 3 is 2.73 bits per heavy atom. The van der Waals surface area contributed by atoms with Crippen molar-refractivity contribution in [2.45, 2.75) is 13.1 Å². The molecule has 8 nitrogen and oxygen atoms in total. The Labute approximate surface area is 168 Å². The Morgan fingerprint density at radius 1 is 1.13 bits per heavy atom. The van der Waals surface area contributed by atoms with Crippen molar-refractivity contribution in [3.8, 4) is 0 Å². The van der Waals surface area contributed by atoms with E-state index in [-0.39, 0.29) is 12.1 Å². The molecule has 0 fully saturated rings. The van der Waals surface area contributed by atoms with Crippen molar-refractivity contribution in [1.29, 1.82) is 0 Å². The molecule has 1 amide bonds. The van der Waals surface area contributed by atoms with Gasteiger partial charge in [0.2, 0.25) is 5.58 Å². The van der Waals surface area contributed by atoms with Gasteiger partial charge in [-0.15, -0.1) is 0 Å². The topological polar surface area (TPSA) is 103 Å². The second-order valence-electron chi connectivity index (χ2n) is 6.48. The second kappa shape index (κ2) is 8.16. The van der Waals surface area contributed by atoms with Crippen LogP contribution in [0, 0.1) is 5.82 Å². The maximum absolute atomic E-state index is 13.5. The number of esters is 1. The highest BCUT2D eigenvalue weighted by Crippen LogP contribution is 2.23. The van der Waals surface area contributed by atoms with E-state index in [1.807, 2.05) is 0 Å². The third-order valence-corrected chi connectivity index (χ3v) is 4.45. The van der Waals surface area contributed by atoms with Gasteiger partial charge in [0.05, 0.1) is 6.33 Å². The smallest absolute Gasteiger partial charge is 0.326 e. The maximum atomic E-state index is 13.5. The predicted molar refractivity (Wildman–Crippen MR) is 105 cm³/mol.